The van der Waals surface area contributed by atoms with Gasteiger partial charge in [-0.3, -0.25) is 9.88 Å². The summed E-state index contributed by atoms with van der Waals surface area (Å²) in [5.74, 6) is 0.846. The van der Waals surface area contributed by atoms with Gasteiger partial charge in [0.05, 0.1) is 12.8 Å². The van der Waals surface area contributed by atoms with E-state index in [0.29, 0.717) is 0 Å². The first-order valence-electron chi connectivity index (χ1n) is 7.25. The highest BCUT2D eigenvalue weighted by Gasteiger charge is 2.15. The van der Waals surface area contributed by atoms with E-state index in [1.54, 1.807) is 7.11 Å². The van der Waals surface area contributed by atoms with Crippen molar-refractivity contribution in [2.75, 3.05) is 20.2 Å². The maximum Gasteiger partial charge on any atom is 0.123 e. The van der Waals surface area contributed by atoms with Crippen molar-refractivity contribution in [2.24, 2.45) is 5.73 Å². The van der Waals surface area contributed by atoms with Gasteiger partial charge in [0, 0.05) is 30.9 Å². The summed E-state index contributed by atoms with van der Waals surface area (Å²) >= 11 is 0. The summed E-state index contributed by atoms with van der Waals surface area (Å²) in [6.45, 7) is 4.64. The number of aromatic nitrogens is 1. The van der Waals surface area contributed by atoms with E-state index < -0.39 is 0 Å². The second-order valence-corrected chi connectivity index (χ2v) is 5.00. The minimum Gasteiger partial charge on any atom is -0.496 e. The first-order chi connectivity index (χ1) is 10.2. The van der Waals surface area contributed by atoms with E-state index in [0.717, 1.165) is 36.6 Å². The van der Waals surface area contributed by atoms with Crippen LogP contribution in [0.15, 0.2) is 48.7 Å². The third kappa shape index (κ3) is 4.28. The molecular weight excluding hydrogens is 262 g/mol. The Morgan fingerprint density at radius 3 is 2.62 bits per heavy atom. The van der Waals surface area contributed by atoms with Crippen LogP contribution in [0, 0.1) is 0 Å². The van der Waals surface area contributed by atoms with Gasteiger partial charge in [-0.2, -0.15) is 0 Å². The average Bonchev–Trinajstić information content (AvgIpc) is 2.55. The Kier molecular flexibility index (Phi) is 5.72. The lowest BCUT2D eigenvalue weighted by Crippen LogP contribution is -2.32. The predicted octanol–water partition coefficient (Wildman–Crippen LogP) is 2.61. The fourth-order valence-electron chi connectivity index (χ4n) is 2.38. The number of nitrogens with two attached hydrogens (primary N) is 1. The molecule has 0 fully saturated rings. The summed E-state index contributed by atoms with van der Waals surface area (Å²) in [5, 5.41) is 0. The van der Waals surface area contributed by atoms with E-state index in [-0.39, 0.29) is 6.04 Å². The van der Waals surface area contributed by atoms with Gasteiger partial charge >= 0.3 is 0 Å². The van der Waals surface area contributed by atoms with Crippen LogP contribution in [0.5, 0.6) is 5.75 Å². The van der Waals surface area contributed by atoms with Gasteiger partial charge in [-0.1, -0.05) is 31.2 Å². The molecular formula is C17H23N3O. The van der Waals surface area contributed by atoms with Crippen molar-refractivity contribution in [3.05, 3.63) is 59.9 Å². The molecule has 4 nitrogen and oxygen atoms in total. The van der Waals surface area contributed by atoms with Crippen molar-refractivity contribution in [1.29, 1.82) is 0 Å². The van der Waals surface area contributed by atoms with Crippen LogP contribution in [-0.2, 0) is 6.54 Å². The summed E-state index contributed by atoms with van der Waals surface area (Å²) in [5.41, 5.74) is 8.46. The molecule has 1 unspecified atom stereocenters. The molecule has 0 aliphatic carbocycles. The Morgan fingerprint density at radius 1 is 1.19 bits per heavy atom. The highest BCUT2D eigenvalue weighted by molar-refractivity contribution is 5.35. The van der Waals surface area contributed by atoms with Gasteiger partial charge in [-0.25, -0.2) is 0 Å². The zero-order valence-electron chi connectivity index (χ0n) is 12.7. The fourth-order valence-corrected chi connectivity index (χ4v) is 2.38. The van der Waals surface area contributed by atoms with E-state index >= 15 is 0 Å². The number of hydrogen-bond acceptors (Lipinski definition) is 4. The standard InChI is InChI=1S/C17H23N3O/c1-3-20(12-14-8-6-7-11-19-14)13-16(18)15-9-4-5-10-17(15)21-2/h4-11,16H,3,12-13,18H2,1-2H3. The minimum atomic E-state index is -0.0789. The number of rotatable bonds is 7. The van der Waals surface area contributed by atoms with Crippen molar-refractivity contribution in [3.8, 4) is 5.75 Å². The van der Waals surface area contributed by atoms with Crippen LogP contribution in [0.4, 0.5) is 0 Å². The molecule has 0 saturated heterocycles. The van der Waals surface area contributed by atoms with E-state index in [9.17, 15) is 0 Å². The van der Waals surface area contributed by atoms with Gasteiger partial charge in [0.1, 0.15) is 5.75 Å². The van der Waals surface area contributed by atoms with E-state index in [1.165, 1.54) is 0 Å². The van der Waals surface area contributed by atoms with Gasteiger partial charge in [-0.05, 0) is 24.7 Å². The maximum absolute atomic E-state index is 6.36. The highest BCUT2D eigenvalue weighted by Crippen LogP contribution is 2.24. The average molecular weight is 285 g/mol. The molecule has 0 spiro atoms. The normalized spacial score (nSPS) is 12.4. The Balaban J connectivity index is 2.04. The van der Waals surface area contributed by atoms with Gasteiger partial charge < -0.3 is 10.5 Å². The molecule has 1 heterocycles. The smallest absolute Gasteiger partial charge is 0.123 e. The Labute approximate surface area is 126 Å². The molecule has 1 aromatic heterocycles. The summed E-state index contributed by atoms with van der Waals surface area (Å²) < 4.78 is 5.39. The molecule has 0 aliphatic rings. The van der Waals surface area contributed by atoms with Crippen LogP contribution in [0.1, 0.15) is 24.2 Å². The Morgan fingerprint density at radius 2 is 1.95 bits per heavy atom. The molecule has 1 atom stereocenters. The lowest BCUT2D eigenvalue weighted by molar-refractivity contribution is 0.257. The van der Waals surface area contributed by atoms with E-state index in [1.807, 2.05) is 48.7 Å². The molecule has 2 N–H and O–H groups in total. The highest BCUT2D eigenvalue weighted by atomic mass is 16.5. The second kappa shape index (κ2) is 7.76. The fraction of sp³-hybridized carbons (Fsp3) is 0.353. The van der Waals surface area contributed by atoms with Crippen molar-refractivity contribution in [1.82, 2.24) is 9.88 Å². The van der Waals surface area contributed by atoms with Gasteiger partial charge in [0.2, 0.25) is 0 Å². The summed E-state index contributed by atoms with van der Waals surface area (Å²) in [4.78, 5) is 6.66. The largest absolute Gasteiger partial charge is 0.496 e. The van der Waals surface area contributed by atoms with Crippen molar-refractivity contribution >= 4 is 0 Å². The predicted molar refractivity (Wildman–Crippen MR) is 85.1 cm³/mol. The zero-order valence-corrected chi connectivity index (χ0v) is 12.7. The number of hydrogen-bond donors (Lipinski definition) is 1. The molecule has 2 aromatic rings. The van der Waals surface area contributed by atoms with Crippen LogP contribution in [0.25, 0.3) is 0 Å². The molecule has 1 aromatic carbocycles. The lowest BCUT2D eigenvalue weighted by atomic mass is 10.1. The second-order valence-electron chi connectivity index (χ2n) is 5.00. The minimum absolute atomic E-state index is 0.0789. The molecule has 2 rings (SSSR count). The van der Waals surface area contributed by atoms with Crippen LogP contribution >= 0.6 is 0 Å². The number of ether oxygens (including phenoxy) is 1. The molecule has 4 heteroatoms. The number of nitrogens with zero attached hydrogens (tertiary/aromatic N) is 2. The van der Waals surface area contributed by atoms with Crippen molar-refractivity contribution < 1.29 is 4.74 Å². The SMILES string of the molecule is CCN(Cc1ccccn1)CC(N)c1ccccc1OC. The summed E-state index contributed by atoms with van der Waals surface area (Å²) in [7, 11) is 1.68. The van der Waals surface area contributed by atoms with Crippen LogP contribution in [-0.4, -0.2) is 30.1 Å². The third-order valence-electron chi connectivity index (χ3n) is 3.55. The first kappa shape index (κ1) is 15.5. The van der Waals surface area contributed by atoms with Gasteiger partial charge in [-0.15, -0.1) is 0 Å². The number of pyridine rings is 1. The van der Waals surface area contributed by atoms with Gasteiger partial charge in [0.15, 0.2) is 0 Å². The summed E-state index contributed by atoms with van der Waals surface area (Å²) in [6.07, 6.45) is 1.82. The van der Waals surface area contributed by atoms with Gasteiger partial charge in [0.25, 0.3) is 0 Å². The number of para-hydroxylation sites is 1. The molecule has 21 heavy (non-hydrogen) atoms. The van der Waals surface area contributed by atoms with Crippen LogP contribution < -0.4 is 10.5 Å². The topological polar surface area (TPSA) is 51.4 Å². The monoisotopic (exact) mass is 285 g/mol. The zero-order chi connectivity index (χ0) is 15.1. The first-order valence-corrected chi connectivity index (χ1v) is 7.25. The maximum atomic E-state index is 6.36. The Bertz CT molecular complexity index is 545. The summed E-state index contributed by atoms with van der Waals surface area (Å²) in [6, 6.07) is 13.8. The molecule has 0 amide bonds. The van der Waals surface area contributed by atoms with Crippen molar-refractivity contribution in [3.63, 3.8) is 0 Å². The van der Waals surface area contributed by atoms with Crippen molar-refractivity contribution in [2.45, 2.75) is 19.5 Å². The Hall–Kier alpha value is -1.91. The molecule has 112 valence electrons. The molecule has 0 saturated carbocycles. The lowest BCUT2D eigenvalue weighted by Gasteiger charge is -2.25. The number of methoxy groups -OCH3 is 1. The van der Waals surface area contributed by atoms with E-state index in [2.05, 4.69) is 16.8 Å². The van der Waals surface area contributed by atoms with Crippen LogP contribution in [0.2, 0.25) is 0 Å². The third-order valence-corrected chi connectivity index (χ3v) is 3.55. The number of likely N-dealkylation sites (N-methyl/N-ethyl adjacent to an activating group) is 1. The van der Waals surface area contributed by atoms with E-state index in [4.69, 9.17) is 10.5 Å². The molecule has 0 radical (unpaired) electrons. The quantitative estimate of drug-likeness (QED) is 0.849. The number of benzene rings is 1. The van der Waals surface area contributed by atoms with Crippen LogP contribution in [0.3, 0.4) is 0 Å². The molecule has 0 bridgehead atoms. The molecule has 0 aliphatic heterocycles.